The fourth-order valence-electron chi connectivity index (χ4n) is 1.45. The average molecular weight is 302 g/mol. The highest BCUT2D eigenvalue weighted by molar-refractivity contribution is 5.47. The molecule has 2 N–H and O–H groups in total. The van der Waals surface area contributed by atoms with Crippen molar-refractivity contribution in [3.63, 3.8) is 0 Å². The summed E-state index contributed by atoms with van der Waals surface area (Å²) in [7, 11) is 0. The molecule has 0 atom stereocenters. The summed E-state index contributed by atoms with van der Waals surface area (Å²) in [6.07, 6.45) is -2.73. The highest BCUT2D eigenvalue weighted by Crippen LogP contribution is 2.28. The van der Waals surface area contributed by atoms with Crippen LogP contribution in [0.1, 0.15) is 25.0 Å². The smallest absolute Gasteiger partial charge is 0.370 e. The van der Waals surface area contributed by atoms with Gasteiger partial charge in [0.05, 0.1) is 6.54 Å². The first-order valence-electron chi connectivity index (χ1n) is 6.18. The van der Waals surface area contributed by atoms with Gasteiger partial charge in [0.2, 0.25) is 12.2 Å². The molecule has 2 heterocycles. The van der Waals surface area contributed by atoms with Crippen molar-refractivity contribution in [2.75, 3.05) is 17.2 Å². The molecular formula is C11H13F3N6O. The van der Waals surface area contributed by atoms with Gasteiger partial charge in [0.15, 0.2) is 5.82 Å². The first-order chi connectivity index (χ1) is 9.99. The van der Waals surface area contributed by atoms with Gasteiger partial charge in [-0.15, -0.1) is 0 Å². The summed E-state index contributed by atoms with van der Waals surface area (Å²) in [4.78, 5) is 10.6. The van der Waals surface area contributed by atoms with Gasteiger partial charge in [0, 0.05) is 12.6 Å². The van der Waals surface area contributed by atoms with E-state index in [9.17, 15) is 13.2 Å². The molecule has 0 unspecified atom stereocenters. The predicted octanol–water partition coefficient (Wildman–Crippen LogP) is 2.31. The number of nitrogens with zero attached hydrogens (tertiary/aromatic N) is 4. The van der Waals surface area contributed by atoms with E-state index >= 15 is 0 Å². The van der Waals surface area contributed by atoms with Gasteiger partial charge in [-0.25, -0.2) is 9.97 Å². The molecular weight excluding hydrogens is 289 g/mol. The number of anilines is 2. The van der Waals surface area contributed by atoms with Crippen molar-refractivity contribution in [2.45, 2.75) is 26.1 Å². The Morgan fingerprint density at radius 1 is 1.19 bits per heavy atom. The third-order valence-corrected chi connectivity index (χ3v) is 2.37. The Morgan fingerprint density at radius 3 is 2.48 bits per heavy atom. The van der Waals surface area contributed by atoms with Gasteiger partial charge in [-0.2, -0.15) is 18.2 Å². The van der Waals surface area contributed by atoms with E-state index in [1.165, 1.54) is 6.07 Å². The lowest BCUT2D eigenvalue weighted by molar-refractivity contribution is -0.144. The third-order valence-electron chi connectivity index (χ3n) is 2.37. The van der Waals surface area contributed by atoms with Crippen molar-refractivity contribution in [3.8, 4) is 0 Å². The lowest BCUT2D eigenvalue weighted by atomic mass is 10.4. The maximum atomic E-state index is 12.8. The minimum atomic E-state index is -4.62. The van der Waals surface area contributed by atoms with Gasteiger partial charge in [-0.3, -0.25) is 0 Å². The van der Waals surface area contributed by atoms with Gasteiger partial charge in [0.1, 0.15) is 11.6 Å². The van der Waals surface area contributed by atoms with Gasteiger partial charge in [-0.1, -0.05) is 12.1 Å². The van der Waals surface area contributed by atoms with E-state index in [0.717, 1.165) is 12.8 Å². The van der Waals surface area contributed by atoms with Gasteiger partial charge < -0.3 is 15.2 Å². The normalized spacial score (nSPS) is 11.4. The number of hydrogen-bond donors (Lipinski definition) is 2. The van der Waals surface area contributed by atoms with Crippen molar-refractivity contribution in [2.24, 2.45) is 0 Å². The fraction of sp³-hybridized carbons (Fsp3) is 0.455. The van der Waals surface area contributed by atoms with Crippen LogP contribution in [-0.4, -0.2) is 26.7 Å². The van der Waals surface area contributed by atoms with Gasteiger partial charge >= 0.3 is 6.18 Å². The van der Waals surface area contributed by atoms with Gasteiger partial charge in [-0.05, 0) is 6.42 Å². The zero-order valence-corrected chi connectivity index (χ0v) is 11.1. The Morgan fingerprint density at radius 2 is 1.90 bits per heavy atom. The molecule has 0 amide bonds. The van der Waals surface area contributed by atoms with Crippen LogP contribution in [0.25, 0.3) is 0 Å². The number of rotatable bonds is 6. The van der Waals surface area contributed by atoms with Crippen LogP contribution >= 0.6 is 0 Å². The lowest BCUT2D eigenvalue weighted by Gasteiger charge is -2.11. The van der Waals surface area contributed by atoms with Crippen LogP contribution in [0.15, 0.2) is 17.0 Å². The molecule has 0 spiro atoms. The van der Waals surface area contributed by atoms with Gasteiger partial charge in [0.25, 0.3) is 0 Å². The van der Waals surface area contributed by atoms with Crippen molar-refractivity contribution in [1.29, 1.82) is 0 Å². The summed E-state index contributed by atoms with van der Waals surface area (Å²) in [6, 6.07) is 1.39. The van der Waals surface area contributed by atoms with E-state index in [1.54, 1.807) is 0 Å². The molecule has 114 valence electrons. The van der Waals surface area contributed by atoms with Crippen molar-refractivity contribution < 1.29 is 17.7 Å². The second-order valence-electron chi connectivity index (χ2n) is 4.09. The topological polar surface area (TPSA) is 88.8 Å². The average Bonchev–Trinajstić information content (AvgIpc) is 2.95. The van der Waals surface area contributed by atoms with Crippen LogP contribution in [0, 0.1) is 0 Å². The Hall–Kier alpha value is -2.39. The first kappa shape index (κ1) is 15.0. The van der Waals surface area contributed by atoms with Crippen LogP contribution < -0.4 is 10.6 Å². The summed E-state index contributed by atoms with van der Waals surface area (Å²) in [5.41, 5.74) is 0. The summed E-state index contributed by atoms with van der Waals surface area (Å²) in [5.74, 6) is -0.764. The molecule has 7 nitrogen and oxygen atoms in total. The number of nitrogens with one attached hydrogen (secondary N) is 2. The molecule has 0 aliphatic rings. The largest absolute Gasteiger partial charge is 0.451 e. The van der Waals surface area contributed by atoms with E-state index in [1.807, 2.05) is 6.92 Å². The van der Waals surface area contributed by atoms with Crippen LogP contribution in [-0.2, 0) is 12.7 Å². The molecule has 0 bridgehead atoms. The lowest BCUT2D eigenvalue weighted by Crippen LogP contribution is -2.15. The van der Waals surface area contributed by atoms with E-state index in [4.69, 9.17) is 0 Å². The van der Waals surface area contributed by atoms with Crippen molar-refractivity contribution >= 4 is 11.6 Å². The quantitative estimate of drug-likeness (QED) is 0.846. The minimum Gasteiger partial charge on any atom is -0.370 e. The molecule has 0 saturated heterocycles. The Labute approximate surface area is 118 Å². The highest BCUT2D eigenvalue weighted by Gasteiger charge is 2.35. The summed E-state index contributed by atoms with van der Waals surface area (Å²) < 4.78 is 42.8. The molecule has 0 fully saturated rings. The number of aromatic nitrogens is 4. The maximum Gasteiger partial charge on any atom is 0.451 e. The second-order valence-corrected chi connectivity index (χ2v) is 4.09. The van der Waals surface area contributed by atoms with Crippen LogP contribution in [0.4, 0.5) is 24.8 Å². The maximum absolute atomic E-state index is 12.8. The van der Waals surface area contributed by atoms with E-state index in [-0.39, 0.29) is 18.2 Å². The number of halogens is 3. The number of hydrogen-bond acceptors (Lipinski definition) is 7. The molecule has 0 aliphatic carbocycles. The highest BCUT2D eigenvalue weighted by atomic mass is 19.4. The summed E-state index contributed by atoms with van der Waals surface area (Å²) in [6.45, 7) is 2.50. The van der Waals surface area contributed by atoms with E-state index in [2.05, 4.69) is 35.3 Å². The summed E-state index contributed by atoms with van der Waals surface area (Å²) >= 11 is 0. The molecule has 2 rings (SSSR count). The molecule has 0 aliphatic heterocycles. The van der Waals surface area contributed by atoms with Crippen LogP contribution in [0.3, 0.4) is 0 Å². The zero-order chi connectivity index (χ0) is 15.3. The molecule has 2 aromatic heterocycles. The van der Waals surface area contributed by atoms with Crippen LogP contribution in [0.2, 0.25) is 0 Å². The molecule has 10 heteroatoms. The Balaban J connectivity index is 2.17. The molecule has 0 aromatic carbocycles. The molecule has 0 saturated carbocycles. The predicted molar refractivity (Wildman–Crippen MR) is 67.4 cm³/mol. The van der Waals surface area contributed by atoms with Crippen molar-refractivity contribution in [3.05, 3.63) is 24.1 Å². The van der Waals surface area contributed by atoms with Crippen molar-refractivity contribution in [1.82, 2.24) is 20.1 Å². The second kappa shape index (κ2) is 6.37. The Kier molecular flexibility index (Phi) is 4.55. The van der Waals surface area contributed by atoms with E-state index < -0.39 is 12.0 Å². The molecule has 21 heavy (non-hydrogen) atoms. The monoisotopic (exact) mass is 302 g/mol. The SMILES string of the molecule is CCCNc1cc(NCc2ncon2)nc(C(F)(F)F)n1. The standard InChI is InChI=1S/C11H13F3N6O/c1-2-3-15-7-4-8(16-5-9-17-6-21-20-9)19-10(18-7)11(12,13)14/h4,6H,2-3,5H2,1H3,(H2,15,16,18,19). The zero-order valence-electron chi connectivity index (χ0n) is 11.1. The van der Waals surface area contributed by atoms with E-state index in [0.29, 0.717) is 12.4 Å². The summed E-state index contributed by atoms with van der Waals surface area (Å²) in [5, 5.41) is 9.04. The Bertz CT molecular complexity index is 572. The first-order valence-corrected chi connectivity index (χ1v) is 6.18. The minimum absolute atomic E-state index is 0.0285. The number of alkyl halides is 3. The fourth-order valence-corrected chi connectivity index (χ4v) is 1.45. The third kappa shape index (κ3) is 4.29. The molecule has 2 aromatic rings. The molecule has 0 radical (unpaired) electrons. The van der Waals surface area contributed by atoms with Crippen LogP contribution in [0.5, 0.6) is 0 Å².